The summed E-state index contributed by atoms with van der Waals surface area (Å²) >= 11 is 0. The van der Waals surface area contributed by atoms with Crippen LogP contribution in [-0.4, -0.2) is 24.5 Å². The zero-order valence-electron chi connectivity index (χ0n) is 12.8. The van der Waals surface area contributed by atoms with Gasteiger partial charge < -0.3 is 4.57 Å². The number of nitrogens with one attached hydrogen (secondary N) is 1. The molecule has 1 N–H and O–H groups in total. The number of imidazole rings is 1. The van der Waals surface area contributed by atoms with E-state index in [-0.39, 0.29) is 6.54 Å². The maximum absolute atomic E-state index is 13.6. The lowest BCUT2D eigenvalue weighted by Crippen LogP contribution is -2.28. The molecule has 0 aliphatic carbocycles. The predicted octanol–water partition coefficient (Wildman–Crippen LogP) is 2.60. The van der Waals surface area contributed by atoms with E-state index in [0.29, 0.717) is 12.6 Å². The normalized spacial score (nSPS) is 12.0. The van der Waals surface area contributed by atoms with E-state index in [4.69, 9.17) is 0 Å². The lowest BCUT2D eigenvalue weighted by atomic mass is 10.3. The first-order valence-corrected chi connectivity index (χ1v) is 8.73. The molecule has 0 amide bonds. The van der Waals surface area contributed by atoms with E-state index in [1.54, 1.807) is 0 Å². The molecule has 8 heteroatoms. The lowest BCUT2D eigenvalue weighted by molar-refractivity contribution is 0.542. The molecule has 1 aromatic heterocycles. The van der Waals surface area contributed by atoms with E-state index >= 15 is 0 Å². The number of aromatic nitrogens is 2. The lowest BCUT2D eigenvalue weighted by Gasteiger charge is -2.10. The fourth-order valence-electron chi connectivity index (χ4n) is 2.53. The van der Waals surface area contributed by atoms with Crippen LogP contribution in [0.2, 0.25) is 0 Å². The number of rotatable bonds is 5. The summed E-state index contributed by atoms with van der Waals surface area (Å²) in [5.41, 5.74) is 1.69. The first-order valence-electron chi connectivity index (χ1n) is 7.25. The van der Waals surface area contributed by atoms with Crippen molar-refractivity contribution in [1.82, 2.24) is 14.3 Å². The molecule has 0 atom stereocenters. The Morgan fingerprint density at radius 3 is 2.71 bits per heavy atom. The molecule has 0 radical (unpaired) electrons. The number of aryl methyl sites for hydroxylation is 1. The number of hydrogen-bond acceptors (Lipinski definition) is 3. The van der Waals surface area contributed by atoms with Gasteiger partial charge in [-0.1, -0.05) is 12.1 Å². The van der Waals surface area contributed by atoms with E-state index in [1.165, 1.54) is 0 Å². The van der Waals surface area contributed by atoms with Gasteiger partial charge in [0.15, 0.2) is 0 Å². The van der Waals surface area contributed by atoms with Crippen LogP contribution in [0.15, 0.2) is 47.4 Å². The zero-order chi connectivity index (χ0) is 17.3. The second-order valence-corrected chi connectivity index (χ2v) is 7.01. The molecule has 126 valence electrons. The van der Waals surface area contributed by atoms with Gasteiger partial charge in [0.05, 0.1) is 11.0 Å². The second-order valence-electron chi connectivity index (χ2n) is 5.27. The van der Waals surface area contributed by atoms with Gasteiger partial charge in [-0.05, 0) is 37.3 Å². The second kappa shape index (κ2) is 6.29. The van der Waals surface area contributed by atoms with Crippen molar-refractivity contribution < 1.29 is 17.2 Å². The molecule has 0 spiro atoms. The SMILES string of the molecule is Cc1nc2ccccc2n1CCNS(=O)(=O)c1cc(F)ccc1F. The minimum Gasteiger partial charge on any atom is -0.327 e. The van der Waals surface area contributed by atoms with Crippen molar-refractivity contribution in [3.63, 3.8) is 0 Å². The van der Waals surface area contributed by atoms with Gasteiger partial charge in [-0.25, -0.2) is 26.9 Å². The fraction of sp³-hybridized carbons (Fsp3) is 0.188. The van der Waals surface area contributed by atoms with Crippen LogP contribution >= 0.6 is 0 Å². The maximum Gasteiger partial charge on any atom is 0.243 e. The summed E-state index contributed by atoms with van der Waals surface area (Å²) in [5.74, 6) is -1.06. The van der Waals surface area contributed by atoms with Crippen molar-refractivity contribution in [3.8, 4) is 0 Å². The summed E-state index contributed by atoms with van der Waals surface area (Å²) in [6, 6.07) is 9.81. The van der Waals surface area contributed by atoms with Crippen LogP contribution in [-0.2, 0) is 16.6 Å². The summed E-state index contributed by atoms with van der Waals surface area (Å²) in [5, 5.41) is 0. The van der Waals surface area contributed by atoms with Gasteiger partial charge in [-0.15, -0.1) is 0 Å². The Balaban J connectivity index is 1.78. The number of para-hydroxylation sites is 2. The molecule has 2 aromatic carbocycles. The standard InChI is InChI=1S/C16H15F2N3O2S/c1-11-20-14-4-2-3-5-15(14)21(11)9-8-19-24(22,23)16-10-12(17)6-7-13(16)18/h2-7,10,19H,8-9H2,1H3. The summed E-state index contributed by atoms with van der Waals surface area (Å²) in [4.78, 5) is 3.69. The Labute approximate surface area is 138 Å². The van der Waals surface area contributed by atoms with Crippen molar-refractivity contribution in [3.05, 3.63) is 59.9 Å². The number of fused-ring (bicyclic) bond motifs is 1. The molecule has 0 fully saturated rings. The third kappa shape index (κ3) is 3.15. The largest absolute Gasteiger partial charge is 0.327 e. The van der Waals surface area contributed by atoms with E-state index in [0.717, 1.165) is 29.0 Å². The van der Waals surface area contributed by atoms with Gasteiger partial charge in [0.1, 0.15) is 22.4 Å². The van der Waals surface area contributed by atoms with Crippen molar-refractivity contribution >= 4 is 21.1 Å². The number of hydrogen-bond donors (Lipinski definition) is 1. The number of sulfonamides is 1. The Hall–Kier alpha value is -2.32. The van der Waals surface area contributed by atoms with Crippen molar-refractivity contribution in [1.29, 1.82) is 0 Å². The molecular weight excluding hydrogens is 336 g/mol. The molecule has 0 unspecified atom stereocenters. The number of nitrogens with zero attached hydrogens (tertiary/aromatic N) is 2. The quantitative estimate of drug-likeness (QED) is 0.768. The molecule has 0 saturated carbocycles. The summed E-state index contributed by atoms with van der Waals surface area (Å²) < 4.78 is 55.2. The van der Waals surface area contributed by atoms with Gasteiger partial charge in [0, 0.05) is 13.1 Å². The van der Waals surface area contributed by atoms with Crippen molar-refractivity contribution in [2.75, 3.05) is 6.54 Å². The predicted molar refractivity (Wildman–Crippen MR) is 86.0 cm³/mol. The highest BCUT2D eigenvalue weighted by Crippen LogP contribution is 2.17. The van der Waals surface area contributed by atoms with Gasteiger partial charge in [0.25, 0.3) is 0 Å². The van der Waals surface area contributed by atoms with E-state index in [9.17, 15) is 17.2 Å². The topological polar surface area (TPSA) is 64.0 Å². The van der Waals surface area contributed by atoms with E-state index in [1.807, 2.05) is 35.8 Å². The van der Waals surface area contributed by atoms with Crippen LogP contribution in [0.5, 0.6) is 0 Å². The molecule has 5 nitrogen and oxygen atoms in total. The minimum absolute atomic E-state index is 0.0273. The molecule has 24 heavy (non-hydrogen) atoms. The van der Waals surface area contributed by atoms with E-state index in [2.05, 4.69) is 9.71 Å². The van der Waals surface area contributed by atoms with Gasteiger partial charge >= 0.3 is 0 Å². The third-order valence-electron chi connectivity index (χ3n) is 3.66. The fourth-order valence-corrected chi connectivity index (χ4v) is 3.64. The van der Waals surface area contributed by atoms with Crippen LogP contribution in [0.25, 0.3) is 11.0 Å². The maximum atomic E-state index is 13.6. The average Bonchev–Trinajstić information content (AvgIpc) is 2.85. The van der Waals surface area contributed by atoms with Crippen LogP contribution in [0, 0.1) is 18.6 Å². The van der Waals surface area contributed by atoms with Gasteiger partial charge in [-0.3, -0.25) is 0 Å². The minimum atomic E-state index is -4.13. The Morgan fingerprint density at radius 2 is 1.92 bits per heavy atom. The molecule has 0 aliphatic rings. The van der Waals surface area contributed by atoms with Crippen LogP contribution in [0.3, 0.4) is 0 Å². The van der Waals surface area contributed by atoms with Crippen molar-refractivity contribution in [2.45, 2.75) is 18.4 Å². The van der Waals surface area contributed by atoms with Crippen LogP contribution in [0.4, 0.5) is 8.78 Å². The summed E-state index contributed by atoms with van der Waals surface area (Å²) in [6.07, 6.45) is 0. The zero-order valence-corrected chi connectivity index (χ0v) is 13.6. The molecule has 1 heterocycles. The van der Waals surface area contributed by atoms with Gasteiger partial charge in [-0.2, -0.15) is 0 Å². The van der Waals surface area contributed by atoms with Crippen LogP contribution in [0.1, 0.15) is 5.82 Å². The molecule has 3 aromatic rings. The third-order valence-corrected chi connectivity index (χ3v) is 5.13. The highest BCUT2D eigenvalue weighted by atomic mass is 32.2. The smallest absolute Gasteiger partial charge is 0.243 e. The Bertz CT molecular complexity index is 1000. The average molecular weight is 351 g/mol. The monoisotopic (exact) mass is 351 g/mol. The molecule has 0 aliphatic heterocycles. The summed E-state index contributed by atoms with van der Waals surface area (Å²) in [7, 11) is -4.13. The molecule has 0 saturated heterocycles. The Kier molecular flexibility index (Phi) is 4.33. The number of benzene rings is 2. The molecule has 3 rings (SSSR count). The van der Waals surface area contributed by atoms with Crippen LogP contribution < -0.4 is 4.72 Å². The van der Waals surface area contributed by atoms with Gasteiger partial charge in [0.2, 0.25) is 10.0 Å². The van der Waals surface area contributed by atoms with E-state index < -0.39 is 26.6 Å². The molecule has 0 bridgehead atoms. The summed E-state index contributed by atoms with van der Waals surface area (Å²) in [6.45, 7) is 2.17. The Morgan fingerprint density at radius 1 is 1.17 bits per heavy atom. The van der Waals surface area contributed by atoms with Crippen molar-refractivity contribution in [2.24, 2.45) is 0 Å². The number of halogens is 2. The first kappa shape index (κ1) is 16.5. The highest BCUT2D eigenvalue weighted by Gasteiger charge is 2.19. The molecular formula is C16H15F2N3O2S. The highest BCUT2D eigenvalue weighted by molar-refractivity contribution is 7.89. The first-order chi connectivity index (χ1) is 11.4.